The molecule has 104 valence electrons. The third-order valence-corrected chi connectivity index (χ3v) is 2.86. The second-order valence-corrected chi connectivity index (χ2v) is 4.31. The molecule has 7 heteroatoms. The number of hydrogen-bond donors (Lipinski definition) is 1. The van der Waals surface area contributed by atoms with Gasteiger partial charge in [0.1, 0.15) is 0 Å². The maximum atomic E-state index is 12.4. The number of aromatic carboxylic acids is 1. The minimum Gasteiger partial charge on any atom is -0.476 e. The number of carboxylic acid groups (broad SMARTS) is 1. The molecule has 0 spiro atoms. The zero-order valence-corrected chi connectivity index (χ0v) is 10.5. The quantitative estimate of drug-likeness (QED) is 0.907. The SMILES string of the molecule is O=C(O)c1nc(-c2ccc(C(F)(F)F)cc2)ccc1Cl. The number of pyridine rings is 1. The van der Waals surface area contributed by atoms with Gasteiger partial charge in [-0.1, -0.05) is 23.7 Å². The summed E-state index contributed by atoms with van der Waals surface area (Å²) >= 11 is 5.67. The molecule has 0 atom stereocenters. The van der Waals surface area contributed by atoms with Crippen LogP contribution in [0.4, 0.5) is 13.2 Å². The van der Waals surface area contributed by atoms with Gasteiger partial charge in [-0.25, -0.2) is 9.78 Å². The second kappa shape index (κ2) is 5.13. The van der Waals surface area contributed by atoms with Crippen LogP contribution in [0.1, 0.15) is 16.1 Å². The highest BCUT2D eigenvalue weighted by Gasteiger charge is 2.30. The number of benzene rings is 1. The Morgan fingerprint density at radius 3 is 2.20 bits per heavy atom. The lowest BCUT2D eigenvalue weighted by Gasteiger charge is -2.08. The van der Waals surface area contributed by atoms with Crippen molar-refractivity contribution in [1.82, 2.24) is 4.98 Å². The highest BCUT2D eigenvalue weighted by molar-refractivity contribution is 6.33. The zero-order valence-electron chi connectivity index (χ0n) is 9.78. The van der Waals surface area contributed by atoms with Crippen LogP contribution in [0.25, 0.3) is 11.3 Å². The van der Waals surface area contributed by atoms with Crippen LogP contribution in [0.3, 0.4) is 0 Å². The molecular weight excluding hydrogens is 295 g/mol. The van der Waals surface area contributed by atoms with Gasteiger partial charge in [0, 0.05) is 5.56 Å². The van der Waals surface area contributed by atoms with E-state index in [1.807, 2.05) is 0 Å². The van der Waals surface area contributed by atoms with E-state index in [4.69, 9.17) is 16.7 Å². The van der Waals surface area contributed by atoms with Crippen molar-refractivity contribution in [2.75, 3.05) is 0 Å². The summed E-state index contributed by atoms with van der Waals surface area (Å²) in [5.41, 5.74) is -0.518. The highest BCUT2D eigenvalue weighted by Crippen LogP contribution is 2.31. The Bertz CT molecular complexity index is 654. The first-order valence-corrected chi connectivity index (χ1v) is 5.74. The van der Waals surface area contributed by atoms with Crippen LogP contribution in [0.2, 0.25) is 5.02 Å². The Labute approximate surface area is 116 Å². The van der Waals surface area contributed by atoms with Crippen molar-refractivity contribution < 1.29 is 23.1 Å². The average molecular weight is 302 g/mol. The smallest absolute Gasteiger partial charge is 0.416 e. The van der Waals surface area contributed by atoms with Crippen LogP contribution in [-0.2, 0) is 6.18 Å². The van der Waals surface area contributed by atoms with E-state index in [1.165, 1.54) is 24.3 Å². The fraction of sp³-hybridized carbons (Fsp3) is 0.0769. The van der Waals surface area contributed by atoms with Gasteiger partial charge >= 0.3 is 12.1 Å². The minimum absolute atomic E-state index is 0.0341. The average Bonchev–Trinajstić information content (AvgIpc) is 2.38. The van der Waals surface area contributed by atoms with Crippen molar-refractivity contribution >= 4 is 17.6 Å². The Kier molecular flexibility index (Phi) is 3.67. The first-order valence-electron chi connectivity index (χ1n) is 5.36. The second-order valence-electron chi connectivity index (χ2n) is 3.91. The summed E-state index contributed by atoms with van der Waals surface area (Å²) in [4.78, 5) is 14.7. The number of rotatable bonds is 2. The van der Waals surface area contributed by atoms with E-state index < -0.39 is 17.7 Å². The summed E-state index contributed by atoms with van der Waals surface area (Å²) in [5.74, 6) is -1.30. The van der Waals surface area contributed by atoms with E-state index in [1.54, 1.807) is 0 Å². The summed E-state index contributed by atoms with van der Waals surface area (Å²) in [6.07, 6.45) is -4.42. The molecule has 0 aliphatic heterocycles. The van der Waals surface area contributed by atoms with E-state index in [9.17, 15) is 18.0 Å². The molecule has 2 aromatic rings. The number of alkyl halides is 3. The van der Waals surface area contributed by atoms with Crippen molar-refractivity contribution in [3.05, 3.63) is 52.7 Å². The van der Waals surface area contributed by atoms with E-state index in [-0.39, 0.29) is 16.4 Å². The van der Waals surface area contributed by atoms with E-state index in [2.05, 4.69) is 4.98 Å². The van der Waals surface area contributed by atoms with Gasteiger partial charge in [0.2, 0.25) is 0 Å². The molecule has 0 unspecified atom stereocenters. The van der Waals surface area contributed by atoms with Crippen molar-refractivity contribution in [2.24, 2.45) is 0 Å². The van der Waals surface area contributed by atoms with Crippen molar-refractivity contribution in [3.63, 3.8) is 0 Å². The largest absolute Gasteiger partial charge is 0.476 e. The van der Waals surface area contributed by atoms with Gasteiger partial charge in [-0.15, -0.1) is 0 Å². The van der Waals surface area contributed by atoms with Crippen molar-refractivity contribution in [2.45, 2.75) is 6.18 Å². The summed E-state index contributed by atoms with van der Waals surface area (Å²) in [7, 11) is 0. The molecule has 0 aliphatic rings. The van der Waals surface area contributed by atoms with Crippen LogP contribution in [0.5, 0.6) is 0 Å². The van der Waals surface area contributed by atoms with Crippen LogP contribution in [-0.4, -0.2) is 16.1 Å². The molecule has 0 bridgehead atoms. The molecule has 0 saturated carbocycles. The normalized spacial score (nSPS) is 11.4. The van der Waals surface area contributed by atoms with Gasteiger partial charge < -0.3 is 5.11 Å². The lowest BCUT2D eigenvalue weighted by molar-refractivity contribution is -0.137. The monoisotopic (exact) mass is 301 g/mol. The Balaban J connectivity index is 2.42. The van der Waals surface area contributed by atoms with Crippen molar-refractivity contribution in [3.8, 4) is 11.3 Å². The number of halogens is 4. The molecule has 1 aromatic carbocycles. The first-order chi connectivity index (χ1) is 9.29. The van der Waals surface area contributed by atoms with Crippen LogP contribution < -0.4 is 0 Å². The number of carbonyl (C=O) groups is 1. The molecule has 0 radical (unpaired) electrons. The lowest BCUT2D eigenvalue weighted by Crippen LogP contribution is -2.04. The maximum absolute atomic E-state index is 12.4. The standard InChI is InChI=1S/C13H7ClF3NO2/c14-9-5-6-10(18-11(9)12(19)20)7-1-3-8(4-2-7)13(15,16)17/h1-6H,(H,19,20). The molecule has 1 N–H and O–H groups in total. The highest BCUT2D eigenvalue weighted by atomic mass is 35.5. The Morgan fingerprint density at radius 2 is 1.70 bits per heavy atom. The number of nitrogens with zero attached hydrogens (tertiary/aromatic N) is 1. The molecule has 0 fully saturated rings. The van der Waals surface area contributed by atoms with Gasteiger partial charge in [0.25, 0.3) is 0 Å². The van der Waals surface area contributed by atoms with Crippen molar-refractivity contribution in [1.29, 1.82) is 0 Å². The van der Waals surface area contributed by atoms with Gasteiger partial charge in [-0.05, 0) is 24.3 Å². The molecule has 2 rings (SSSR count). The Morgan fingerprint density at radius 1 is 1.10 bits per heavy atom. The van der Waals surface area contributed by atoms with E-state index >= 15 is 0 Å². The lowest BCUT2D eigenvalue weighted by atomic mass is 10.1. The topological polar surface area (TPSA) is 50.2 Å². The molecule has 20 heavy (non-hydrogen) atoms. The Hall–Kier alpha value is -2.08. The molecule has 3 nitrogen and oxygen atoms in total. The minimum atomic E-state index is -4.42. The number of aromatic nitrogens is 1. The van der Waals surface area contributed by atoms with Gasteiger partial charge in [0.15, 0.2) is 5.69 Å². The molecule has 0 amide bonds. The third-order valence-electron chi connectivity index (χ3n) is 2.56. The van der Waals surface area contributed by atoms with Gasteiger partial charge in [-0.2, -0.15) is 13.2 Å². The van der Waals surface area contributed by atoms with Gasteiger partial charge in [0.05, 0.1) is 16.3 Å². The number of hydrogen-bond acceptors (Lipinski definition) is 2. The fourth-order valence-electron chi connectivity index (χ4n) is 1.58. The maximum Gasteiger partial charge on any atom is 0.416 e. The molecular formula is C13H7ClF3NO2. The summed E-state index contributed by atoms with van der Waals surface area (Å²) < 4.78 is 37.3. The zero-order chi connectivity index (χ0) is 14.9. The summed E-state index contributed by atoms with van der Waals surface area (Å²) in [6, 6.07) is 7.05. The van der Waals surface area contributed by atoms with E-state index in [0.717, 1.165) is 12.1 Å². The van der Waals surface area contributed by atoms with E-state index in [0.29, 0.717) is 5.56 Å². The molecule has 1 aromatic heterocycles. The first kappa shape index (κ1) is 14.3. The summed E-state index contributed by atoms with van der Waals surface area (Å²) in [5, 5.41) is 8.86. The van der Waals surface area contributed by atoms with Crippen LogP contribution in [0.15, 0.2) is 36.4 Å². The third kappa shape index (κ3) is 2.91. The molecule has 1 heterocycles. The van der Waals surface area contributed by atoms with Gasteiger partial charge in [-0.3, -0.25) is 0 Å². The predicted octanol–water partition coefficient (Wildman–Crippen LogP) is 4.12. The fourth-order valence-corrected chi connectivity index (χ4v) is 1.77. The molecule has 0 aliphatic carbocycles. The summed E-state index contributed by atoms with van der Waals surface area (Å²) in [6.45, 7) is 0. The number of carboxylic acids is 1. The van der Waals surface area contributed by atoms with Crippen LogP contribution in [0, 0.1) is 0 Å². The van der Waals surface area contributed by atoms with Crippen LogP contribution >= 0.6 is 11.6 Å². The molecule has 0 saturated heterocycles. The predicted molar refractivity (Wildman–Crippen MR) is 66.6 cm³/mol.